The van der Waals surface area contributed by atoms with Crippen molar-refractivity contribution in [3.8, 4) is 0 Å². The first-order valence-corrected chi connectivity index (χ1v) is 4.47. The van der Waals surface area contributed by atoms with E-state index in [1.165, 1.54) is 0 Å². The second-order valence-corrected chi connectivity index (χ2v) is 2.98. The average Bonchev–Trinajstić information content (AvgIpc) is 2.48. The Bertz CT molecular complexity index is 280. The number of rotatable bonds is 4. The molecule has 0 radical (unpaired) electrons. The number of nitrogens with zero attached hydrogens (tertiary/aromatic N) is 2. The first kappa shape index (κ1) is 9.77. The summed E-state index contributed by atoms with van der Waals surface area (Å²) >= 11 is 0. The molecule has 0 aliphatic carbocycles. The Hall–Kier alpha value is -1.32. The Morgan fingerprint density at radius 3 is 3.00 bits per heavy atom. The fraction of sp³-hybridized carbons (Fsp3) is 0.556. The van der Waals surface area contributed by atoms with Crippen LogP contribution in [0.1, 0.15) is 25.6 Å². The highest BCUT2D eigenvalue weighted by Crippen LogP contribution is 1.94. The lowest BCUT2D eigenvalue weighted by Gasteiger charge is -2.03. The summed E-state index contributed by atoms with van der Waals surface area (Å²) in [6, 6.07) is 0. The molecule has 72 valence electrons. The molecule has 0 atom stereocenters. The third-order valence-corrected chi connectivity index (χ3v) is 1.84. The predicted molar refractivity (Wildman–Crippen MR) is 50.0 cm³/mol. The van der Waals surface area contributed by atoms with Gasteiger partial charge in [0.15, 0.2) is 0 Å². The van der Waals surface area contributed by atoms with Crippen LogP contribution >= 0.6 is 0 Å². The fourth-order valence-corrected chi connectivity index (χ4v) is 1.06. The van der Waals surface area contributed by atoms with Gasteiger partial charge < -0.3 is 9.88 Å². The molecule has 1 heterocycles. The standard InChI is InChI=1S/C9H15N3O/c1-3-4-9(13)11-7-8-10-5-6-12(8)2/h5-6H,3-4,7H2,1-2H3,(H,11,13). The zero-order valence-electron chi connectivity index (χ0n) is 8.08. The maximum absolute atomic E-state index is 11.1. The molecule has 0 bridgehead atoms. The van der Waals surface area contributed by atoms with Crippen LogP contribution in [-0.2, 0) is 18.4 Å². The third-order valence-electron chi connectivity index (χ3n) is 1.84. The summed E-state index contributed by atoms with van der Waals surface area (Å²) < 4.78 is 1.90. The number of hydrogen-bond donors (Lipinski definition) is 1. The first-order valence-electron chi connectivity index (χ1n) is 4.47. The second-order valence-electron chi connectivity index (χ2n) is 2.98. The van der Waals surface area contributed by atoms with Crippen LogP contribution in [0.4, 0.5) is 0 Å². The molecule has 1 amide bonds. The molecule has 1 rings (SSSR count). The molecule has 1 aromatic heterocycles. The first-order chi connectivity index (χ1) is 6.24. The molecule has 4 heteroatoms. The van der Waals surface area contributed by atoms with Crippen molar-refractivity contribution >= 4 is 5.91 Å². The third kappa shape index (κ3) is 2.89. The summed E-state index contributed by atoms with van der Waals surface area (Å²) in [4.78, 5) is 15.2. The van der Waals surface area contributed by atoms with E-state index in [0.717, 1.165) is 12.2 Å². The van der Waals surface area contributed by atoms with Crippen LogP contribution in [0.2, 0.25) is 0 Å². The Balaban J connectivity index is 2.35. The van der Waals surface area contributed by atoms with Crippen molar-refractivity contribution in [1.82, 2.24) is 14.9 Å². The van der Waals surface area contributed by atoms with Crippen LogP contribution in [0, 0.1) is 0 Å². The van der Waals surface area contributed by atoms with Gasteiger partial charge in [-0.2, -0.15) is 0 Å². The average molecular weight is 181 g/mol. The zero-order chi connectivity index (χ0) is 9.68. The van der Waals surface area contributed by atoms with Crippen molar-refractivity contribution in [3.63, 3.8) is 0 Å². The monoisotopic (exact) mass is 181 g/mol. The van der Waals surface area contributed by atoms with Crippen LogP contribution in [0.15, 0.2) is 12.4 Å². The number of hydrogen-bond acceptors (Lipinski definition) is 2. The molecule has 0 spiro atoms. The lowest BCUT2D eigenvalue weighted by atomic mass is 10.3. The van der Waals surface area contributed by atoms with Crippen LogP contribution in [-0.4, -0.2) is 15.5 Å². The van der Waals surface area contributed by atoms with Crippen LogP contribution in [0.25, 0.3) is 0 Å². The molecular formula is C9H15N3O. The summed E-state index contributed by atoms with van der Waals surface area (Å²) in [5.74, 6) is 0.968. The van der Waals surface area contributed by atoms with Gasteiger partial charge in [-0.05, 0) is 6.42 Å². The Kier molecular flexibility index (Phi) is 3.49. The summed E-state index contributed by atoms with van der Waals surface area (Å²) in [6.45, 7) is 2.50. The quantitative estimate of drug-likeness (QED) is 0.748. The molecular weight excluding hydrogens is 166 g/mol. The van der Waals surface area contributed by atoms with Gasteiger partial charge in [-0.25, -0.2) is 4.98 Å². The SMILES string of the molecule is CCCC(=O)NCc1nccn1C. The van der Waals surface area contributed by atoms with Crippen molar-refractivity contribution in [2.24, 2.45) is 7.05 Å². The summed E-state index contributed by atoms with van der Waals surface area (Å²) in [7, 11) is 1.91. The topological polar surface area (TPSA) is 46.9 Å². The molecule has 0 aliphatic rings. The van der Waals surface area contributed by atoms with Gasteiger partial charge in [0.25, 0.3) is 0 Å². The molecule has 0 aromatic carbocycles. The lowest BCUT2D eigenvalue weighted by molar-refractivity contribution is -0.121. The van der Waals surface area contributed by atoms with Gasteiger partial charge in [0, 0.05) is 25.9 Å². The minimum Gasteiger partial charge on any atom is -0.349 e. The molecule has 13 heavy (non-hydrogen) atoms. The molecule has 1 aromatic rings. The highest BCUT2D eigenvalue weighted by atomic mass is 16.1. The van der Waals surface area contributed by atoms with E-state index in [1.807, 2.05) is 24.7 Å². The lowest BCUT2D eigenvalue weighted by Crippen LogP contribution is -2.23. The summed E-state index contributed by atoms with van der Waals surface area (Å²) in [5, 5.41) is 2.80. The number of imidazole rings is 1. The Morgan fingerprint density at radius 2 is 2.46 bits per heavy atom. The number of aryl methyl sites for hydroxylation is 1. The van der Waals surface area contributed by atoms with E-state index in [1.54, 1.807) is 6.20 Å². The van der Waals surface area contributed by atoms with Crippen LogP contribution in [0.5, 0.6) is 0 Å². The van der Waals surface area contributed by atoms with E-state index < -0.39 is 0 Å². The van der Waals surface area contributed by atoms with Crippen LogP contribution < -0.4 is 5.32 Å². The molecule has 0 saturated heterocycles. The van der Waals surface area contributed by atoms with Gasteiger partial charge in [0.2, 0.25) is 5.91 Å². The Labute approximate surface area is 78.0 Å². The smallest absolute Gasteiger partial charge is 0.220 e. The maximum atomic E-state index is 11.1. The fourth-order valence-electron chi connectivity index (χ4n) is 1.06. The normalized spacial score (nSPS) is 10.0. The van der Waals surface area contributed by atoms with Gasteiger partial charge in [-0.15, -0.1) is 0 Å². The van der Waals surface area contributed by atoms with Crippen molar-refractivity contribution in [3.05, 3.63) is 18.2 Å². The van der Waals surface area contributed by atoms with Gasteiger partial charge >= 0.3 is 0 Å². The summed E-state index contributed by atoms with van der Waals surface area (Å²) in [6.07, 6.45) is 5.06. The Morgan fingerprint density at radius 1 is 1.69 bits per heavy atom. The number of aromatic nitrogens is 2. The van der Waals surface area contributed by atoms with Gasteiger partial charge in [0.1, 0.15) is 5.82 Å². The van der Waals surface area contributed by atoms with E-state index in [9.17, 15) is 4.79 Å². The number of carbonyl (C=O) groups is 1. The minimum absolute atomic E-state index is 0.0884. The number of amides is 1. The molecule has 0 saturated carbocycles. The summed E-state index contributed by atoms with van der Waals surface area (Å²) in [5.41, 5.74) is 0. The molecule has 0 fully saturated rings. The zero-order valence-corrected chi connectivity index (χ0v) is 8.08. The van der Waals surface area contributed by atoms with Gasteiger partial charge in [-0.3, -0.25) is 4.79 Å². The molecule has 0 aliphatic heterocycles. The maximum Gasteiger partial charge on any atom is 0.220 e. The van der Waals surface area contributed by atoms with Gasteiger partial charge in [-0.1, -0.05) is 6.92 Å². The highest BCUT2D eigenvalue weighted by molar-refractivity contribution is 5.75. The predicted octanol–water partition coefficient (Wildman–Crippen LogP) is 0.836. The second kappa shape index (κ2) is 4.64. The van der Waals surface area contributed by atoms with Crippen molar-refractivity contribution in [2.45, 2.75) is 26.3 Å². The van der Waals surface area contributed by atoms with Crippen molar-refractivity contribution in [1.29, 1.82) is 0 Å². The van der Waals surface area contributed by atoms with Crippen molar-refractivity contribution in [2.75, 3.05) is 0 Å². The molecule has 4 nitrogen and oxygen atoms in total. The van der Waals surface area contributed by atoms with E-state index in [4.69, 9.17) is 0 Å². The highest BCUT2D eigenvalue weighted by Gasteiger charge is 2.01. The van der Waals surface area contributed by atoms with Crippen LogP contribution in [0.3, 0.4) is 0 Å². The van der Waals surface area contributed by atoms with E-state index in [2.05, 4.69) is 10.3 Å². The van der Waals surface area contributed by atoms with E-state index >= 15 is 0 Å². The molecule has 0 unspecified atom stereocenters. The van der Waals surface area contributed by atoms with Crippen molar-refractivity contribution < 1.29 is 4.79 Å². The van der Waals surface area contributed by atoms with Gasteiger partial charge in [0.05, 0.1) is 6.54 Å². The largest absolute Gasteiger partial charge is 0.349 e. The number of carbonyl (C=O) groups excluding carboxylic acids is 1. The molecule has 1 N–H and O–H groups in total. The number of nitrogens with one attached hydrogen (secondary N) is 1. The van der Waals surface area contributed by atoms with E-state index in [0.29, 0.717) is 13.0 Å². The van der Waals surface area contributed by atoms with E-state index in [-0.39, 0.29) is 5.91 Å². The minimum atomic E-state index is 0.0884.